The number of pyridine rings is 2. The number of aromatic nitrogens is 2. The predicted octanol–water partition coefficient (Wildman–Crippen LogP) is 4.97. The van der Waals surface area contributed by atoms with E-state index in [0.717, 1.165) is 22.3 Å². The van der Waals surface area contributed by atoms with Gasteiger partial charge >= 0.3 is 5.97 Å². The van der Waals surface area contributed by atoms with Crippen LogP contribution in [0.5, 0.6) is 0 Å². The lowest BCUT2D eigenvalue weighted by molar-refractivity contribution is 0.0699. The van der Waals surface area contributed by atoms with Gasteiger partial charge in [0, 0.05) is 28.9 Å². The molecule has 0 amide bonds. The molecule has 4 rings (SSSR count). The van der Waals surface area contributed by atoms with E-state index in [4.69, 9.17) is 0 Å². The van der Waals surface area contributed by atoms with Gasteiger partial charge in [-0.3, -0.25) is 4.98 Å². The molecule has 1 N–H and O–H groups in total. The molecule has 0 saturated heterocycles. The molecule has 0 aliphatic carbocycles. The molecule has 26 heavy (non-hydrogen) atoms. The number of hydrogen-bond acceptors (Lipinski definition) is 3. The van der Waals surface area contributed by atoms with Gasteiger partial charge in [-0.2, -0.15) is 0 Å². The molecule has 0 bridgehead atoms. The molecule has 0 radical (unpaired) electrons. The highest BCUT2D eigenvalue weighted by molar-refractivity contribution is 6.03. The van der Waals surface area contributed by atoms with Gasteiger partial charge in [-0.05, 0) is 36.2 Å². The van der Waals surface area contributed by atoms with Crippen molar-refractivity contribution in [2.45, 2.75) is 6.92 Å². The Labute approximate surface area is 150 Å². The summed E-state index contributed by atoms with van der Waals surface area (Å²) in [5, 5.41) is 10.2. The Morgan fingerprint density at radius 3 is 2.42 bits per heavy atom. The van der Waals surface area contributed by atoms with Crippen molar-refractivity contribution in [2.24, 2.45) is 0 Å². The Balaban J connectivity index is 1.81. The van der Waals surface area contributed by atoms with E-state index in [0.29, 0.717) is 16.6 Å². The van der Waals surface area contributed by atoms with Crippen LogP contribution in [0.25, 0.3) is 33.3 Å². The van der Waals surface area contributed by atoms with Gasteiger partial charge in [-0.25, -0.2) is 9.78 Å². The number of aryl methyl sites for hydroxylation is 1. The van der Waals surface area contributed by atoms with Crippen molar-refractivity contribution in [3.8, 4) is 22.4 Å². The summed E-state index contributed by atoms with van der Waals surface area (Å²) in [6.45, 7) is 2.05. The minimum absolute atomic E-state index is 0.262. The zero-order chi connectivity index (χ0) is 18.1. The zero-order valence-corrected chi connectivity index (χ0v) is 14.2. The number of para-hydroxylation sites is 1. The second-order valence-electron chi connectivity index (χ2n) is 6.15. The molecule has 0 spiro atoms. The van der Waals surface area contributed by atoms with Gasteiger partial charge in [0.05, 0.1) is 16.8 Å². The van der Waals surface area contributed by atoms with Crippen LogP contribution in [0.3, 0.4) is 0 Å². The second-order valence-corrected chi connectivity index (χ2v) is 6.15. The number of fused-ring (bicyclic) bond motifs is 1. The molecule has 0 unspecified atom stereocenters. The molecule has 0 atom stereocenters. The van der Waals surface area contributed by atoms with Crippen molar-refractivity contribution >= 4 is 16.9 Å². The highest BCUT2D eigenvalue weighted by Gasteiger charge is 2.13. The van der Waals surface area contributed by atoms with Gasteiger partial charge < -0.3 is 5.11 Å². The van der Waals surface area contributed by atoms with Crippen molar-refractivity contribution in [1.29, 1.82) is 0 Å². The Kier molecular flexibility index (Phi) is 3.93. The number of carbonyl (C=O) groups is 1. The lowest BCUT2D eigenvalue weighted by Gasteiger charge is -2.09. The fourth-order valence-corrected chi connectivity index (χ4v) is 3.09. The second kappa shape index (κ2) is 6.41. The number of hydrogen-bond donors (Lipinski definition) is 1. The molecule has 0 saturated carbocycles. The molecule has 0 aliphatic rings. The molecule has 126 valence electrons. The van der Waals surface area contributed by atoms with Crippen molar-refractivity contribution in [1.82, 2.24) is 9.97 Å². The van der Waals surface area contributed by atoms with E-state index in [9.17, 15) is 9.90 Å². The average Bonchev–Trinajstić information content (AvgIpc) is 2.67. The summed E-state index contributed by atoms with van der Waals surface area (Å²) in [5.41, 5.74) is 5.77. The third kappa shape index (κ3) is 2.82. The van der Waals surface area contributed by atoms with Crippen molar-refractivity contribution in [3.63, 3.8) is 0 Å². The summed E-state index contributed by atoms with van der Waals surface area (Å²) < 4.78 is 0. The van der Waals surface area contributed by atoms with Gasteiger partial charge in [-0.1, -0.05) is 42.5 Å². The Hall–Kier alpha value is -3.53. The molecular formula is C22H16N2O2. The lowest BCUT2D eigenvalue weighted by Crippen LogP contribution is -2.00. The Bertz CT molecular complexity index is 1120. The van der Waals surface area contributed by atoms with Crippen LogP contribution in [0.1, 0.15) is 15.9 Å². The van der Waals surface area contributed by atoms with Gasteiger partial charge in [0.15, 0.2) is 0 Å². The molecular weight excluding hydrogens is 324 g/mol. The fourth-order valence-electron chi connectivity index (χ4n) is 3.09. The zero-order valence-electron chi connectivity index (χ0n) is 14.2. The number of rotatable bonds is 3. The highest BCUT2D eigenvalue weighted by Crippen LogP contribution is 2.28. The van der Waals surface area contributed by atoms with E-state index in [1.807, 2.05) is 54.7 Å². The topological polar surface area (TPSA) is 63.1 Å². The number of aromatic carboxylic acids is 1. The van der Waals surface area contributed by atoms with E-state index in [2.05, 4.69) is 16.9 Å². The summed E-state index contributed by atoms with van der Waals surface area (Å²) in [6.07, 6.45) is 3.63. The molecule has 4 aromatic rings. The standard InChI is InChI=1S/C22H16N2O2/c1-14-10-11-23-13-19(14)15-6-8-16(9-7-15)21-12-18(22(25)26)17-4-2-3-5-20(17)24-21/h2-13H,1H3,(H,25,26). The molecule has 2 heterocycles. The SMILES string of the molecule is Cc1ccncc1-c1ccc(-c2cc(C(=O)O)c3ccccc3n2)cc1. The van der Waals surface area contributed by atoms with E-state index >= 15 is 0 Å². The van der Waals surface area contributed by atoms with Gasteiger partial charge in [0.2, 0.25) is 0 Å². The maximum Gasteiger partial charge on any atom is 0.336 e. The van der Waals surface area contributed by atoms with Crippen molar-refractivity contribution < 1.29 is 9.90 Å². The van der Waals surface area contributed by atoms with Gasteiger partial charge in [0.25, 0.3) is 0 Å². The minimum Gasteiger partial charge on any atom is -0.478 e. The van der Waals surface area contributed by atoms with E-state index in [1.54, 1.807) is 18.3 Å². The molecule has 0 aliphatic heterocycles. The normalized spacial score (nSPS) is 10.8. The molecule has 0 fully saturated rings. The van der Waals surface area contributed by atoms with E-state index in [1.165, 1.54) is 0 Å². The Morgan fingerprint density at radius 1 is 0.962 bits per heavy atom. The first-order valence-electron chi connectivity index (χ1n) is 8.28. The minimum atomic E-state index is -0.951. The summed E-state index contributed by atoms with van der Waals surface area (Å²) >= 11 is 0. The highest BCUT2D eigenvalue weighted by atomic mass is 16.4. The van der Waals surface area contributed by atoms with Crippen LogP contribution in [0.2, 0.25) is 0 Å². The first-order valence-corrected chi connectivity index (χ1v) is 8.28. The van der Waals surface area contributed by atoms with Crippen LogP contribution < -0.4 is 0 Å². The van der Waals surface area contributed by atoms with Crippen LogP contribution in [0.15, 0.2) is 73.1 Å². The molecule has 4 nitrogen and oxygen atoms in total. The predicted molar refractivity (Wildman–Crippen MR) is 102 cm³/mol. The largest absolute Gasteiger partial charge is 0.478 e. The van der Waals surface area contributed by atoms with Crippen molar-refractivity contribution in [3.05, 3.63) is 84.2 Å². The number of carboxylic acids is 1. The maximum atomic E-state index is 11.6. The third-order valence-electron chi connectivity index (χ3n) is 4.48. The van der Waals surface area contributed by atoms with Gasteiger partial charge in [0.1, 0.15) is 0 Å². The number of carboxylic acid groups (broad SMARTS) is 1. The van der Waals surface area contributed by atoms with Crippen LogP contribution in [-0.2, 0) is 0 Å². The average molecular weight is 340 g/mol. The van der Waals surface area contributed by atoms with E-state index < -0.39 is 5.97 Å². The first-order chi connectivity index (χ1) is 12.6. The van der Waals surface area contributed by atoms with E-state index in [-0.39, 0.29) is 5.56 Å². The molecule has 4 heteroatoms. The molecule has 2 aromatic carbocycles. The quantitative estimate of drug-likeness (QED) is 0.572. The summed E-state index contributed by atoms with van der Waals surface area (Å²) in [7, 11) is 0. The maximum absolute atomic E-state index is 11.6. The lowest BCUT2D eigenvalue weighted by atomic mass is 9.99. The number of nitrogens with zero attached hydrogens (tertiary/aromatic N) is 2. The van der Waals surface area contributed by atoms with Crippen LogP contribution in [0.4, 0.5) is 0 Å². The third-order valence-corrected chi connectivity index (χ3v) is 4.48. The monoisotopic (exact) mass is 340 g/mol. The Morgan fingerprint density at radius 2 is 1.69 bits per heavy atom. The number of benzene rings is 2. The first kappa shape index (κ1) is 16.0. The van der Waals surface area contributed by atoms with Crippen LogP contribution in [0, 0.1) is 6.92 Å². The van der Waals surface area contributed by atoms with Crippen LogP contribution in [-0.4, -0.2) is 21.0 Å². The summed E-state index contributed by atoms with van der Waals surface area (Å²) in [5.74, 6) is -0.951. The summed E-state index contributed by atoms with van der Waals surface area (Å²) in [6, 6.07) is 18.9. The van der Waals surface area contributed by atoms with Gasteiger partial charge in [-0.15, -0.1) is 0 Å². The molecule has 2 aromatic heterocycles. The fraction of sp³-hybridized carbons (Fsp3) is 0.0455. The smallest absolute Gasteiger partial charge is 0.336 e. The summed E-state index contributed by atoms with van der Waals surface area (Å²) in [4.78, 5) is 20.5. The van der Waals surface area contributed by atoms with Crippen LogP contribution >= 0.6 is 0 Å². The van der Waals surface area contributed by atoms with Crippen molar-refractivity contribution in [2.75, 3.05) is 0 Å².